The lowest BCUT2D eigenvalue weighted by Crippen LogP contribution is -2.12. The van der Waals surface area contributed by atoms with Gasteiger partial charge in [0.25, 0.3) is 0 Å². The summed E-state index contributed by atoms with van der Waals surface area (Å²) in [6, 6.07) is 26.1. The lowest BCUT2D eigenvalue weighted by Gasteiger charge is -2.12. The van der Waals surface area contributed by atoms with Crippen molar-refractivity contribution in [3.8, 4) is 16.9 Å². The molecule has 0 radical (unpaired) electrons. The summed E-state index contributed by atoms with van der Waals surface area (Å²) in [6.07, 6.45) is 0. The minimum Gasteiger partial charge on any atom is -0.461 e. The molecule has 1 aromatic heterocycles. The normalized spacial score (nSPS) is 10.6. The Labute approximate surface area is 180 Å². The van der Waals surface area contributed by atoms with Crippen molar-refractivity contribution in [3.63, 3.8) is 0 Å². The first-order valence-corrected chi connectivity index (χ1v) is 10.1. The third-order valence-corrected chi connectivity index (χ3v) is 5.01. The topological polar surface area (TPSA) is 61.2 Å². The van der Waals surface area contributed by atoms with Crippen LogP contribution in [0, 0.1) is 6.92 Å². The second kappa shape index (κ2) is 8.79. The van der Waals surface area contributed by atoms with Crippen molar-refractivity contribution < 1.29 is 14.3 Å². The molecule has 0 atom stereocenters. The Kier molecular flexibility index (Phi) is 5.76. The van der Waals surface area contributed by atoms with Crippen LogP contribution in [0.15, 0.2) is 84.9 Å². The summed E-state index contributed by atoms with van der Waals surface area (Å²) in [5.74, 6) is -0.895. The molecule has 0 aliphatic carbocycles. The average molecular weight is 410 g/mol. The van der Waals surface area contributed by atoms with E-state index in [0.29, 0.717) is 11.3 Å². The second-order valence-corrected chi connectivity index (χ2v) is 7.05. The highest BCUT2D eigenvalue weighted by atomic mass is 16.5. The molecule has 0 fully saturated rings. The molecule has 0 unspecified atom stereocenters. The fourth-order valence-electron chi connectivity index (χ4n) is 3.55. The van der Waals surface area contributed by atoms with Crippen LogP contribution < -0.4 is 0 Å². The van der Waals surface area contributed by atoms with Crippen LogP contribution in [0.4, 0.5) is 0 Å². The number of hydrogen-bond acceptors (Lipinski definition) is 4. The van der Waals surface area contributed by atoms with E-state index in [4.69, 9.17) is 4.74 Å². The monoisotopic (exact) mass is 410 g/mol. The molecule has 5 heteroatoms. The lowest BCUT2D eigenvalue weighted by atomic mass is 9.97. The Hall–Kier alpha value is -3.99. The van der Waals surface area contributed by atoms with Crippen LogP contribution in [-0.2, 0) is 4.74 Å². The molecule has 1 heterocycles. The van der Waals surface area contributed by atoms with E-state index in [-0.39, 0.29) is 23.6 Å². The van der Waals surface area contributed by atoms with Crippen molar-refractivity contribution in [2.24, 2.45) is 0 Å². The maximum Gasteiger partial charge on any atom is 0.359 e. The van der Waals surface area contributed by atoms with Crippen molar-refractivity contribution >= 4 is 11.8 Å². The van der Waals surface area contributed by atoms with Crippen LogP contribution in [0.2, 0.25) is 0 Å². The minimum atomic E-state index is -0.619. The summed E-state index contributed by atoms with van der Waals surface area (Å²) in [5.41, 5.74) is 3.83. The molecular formula is C26H22N2O3. The molecule has 4 aromatic rings. The largest absolute Gasteiger partial charge is 0.461 e. The number of benzene rings is 3. The van der Waals surface area contributed by atoms with Crippen LogP contribution in [0.1, 0.15) is 38.9 Å². The number of aromatic nitrogens is 2. The zero-order valence-corrected chi connectivity index (χ0v) is 17.4. The van der Waals surface area contributed by atoms with E-state index in [1.54, 1.807) is 35.9 Å². The first-order chi connectivity index (χ1) is 15.1. The molecule has 0 aliphatic heterocycles. The number of hydrogen-bond donors (Lipinski definition) is 0. The first kappa shape index (κ1) is 20.3. The molecule has 31 heavy (non-hydrogen) atoms. The molecular weight excluding hydrogens is 388 g/mol. The molecule has 5 nitrogen and oxygen atoms in total. The van der Waals surface area contributed by atoms with Gasteiger partial charge in [0, 0.05) is 11.1 Å². The van der Waals surface area contributed by atoms with Crippen molar-refractivity contribution in [3.05, 3.63) is 107 Å². The van der Waals surface area contributed by atoms with Gasteiger partial charge in [0.15, 0.2) is 11.5 Å². The van der Waals surface area contributed by atoms with Gasteiger partial charge in [-0.1, -0.05) is 78.9 Å². The Morgan fingerprint density at radius 1 is 0.871 bits per heavy atom. The molecule has 3 aromatic carbocycles. The van der Waals surface area contributed by atoms with Gasteiger partial charge in [0.1, 0.15) is 0 Å². The van der Waals surface area contributed by atoms with Gasteiger partial charge in [0.2, 0.25) is 0 Å². The van der Waals surface area contributed by atoms with Crippen LogP contribution in [0.3, 0.4) is 0 Å². The number of esters is 1. The summed E-state index contributed by atoms with van der Waals surface area (Å²) in [7, 11) is 0. The number of ketones is 1. The highest BCUT2D eigenvalue weighted by Gasteiger charge is 2.31. The number of carbonyl (C=O) groups is 2. The molecule has 154 valence electrons. The van der Waals surface area contributed by atoms with Gasteiger partial charge in [-0.25, -0.2) is 9.48 Å². The predicted octanol–water partition coefficient (Wildman–Crippen LogP) is 5.26. The number of ether oxygens (including phenoxy) is 1. The van der Waals surface area contributed by atoms with Crippen LogP contribution in [-0.4, -0.2) is 28.1 Å². The van der Waals surface area contributed by atoms with Crippen molar-refractivity contribution in [1.29, 1.82) is 0 Å². The maximum atomic E-state index is 13.6. The highest BCUT2D eigenvalue weighted by Crippen LogP contribution is 2.32. The number of nitrogens with zero attached hydrogens (tertiary/aromatic N) is 2. The molecule has 0 amide bonds. The van der Waals surface area contributed by atoms with Crippen LogP contribution in [0.5, 0.6) is 0 Å². The van der Waals surface area contributed by atoms with E-state index in [2.05, 4.69) is 5.10 Å². The van der Waals surface area contributed by atoms with Gasteiger partial charge < -0.3 is 4.74 Å². The molecule has 4 rings (SSSR count). The third kappa shape index (κ3) is 3.90. The SMILES string of the molecule is CCOC(=O)c1nn(-c2ccccc2C)c(-c2ccccc2)c1C(=O)c1ccccc1. The van der Waals surface area contributed by atoms with Crippen LogP contribution in [0.25, 0.3) is 16.9 Å². The lowest BCUT2D eigenvalue weighted by molar-refractivity contribution is 0.0516. The van der Waals surface area contributed by atoms with Gasteiger partial charge >= 0.3 is 5.97 Å². The zero-order chi connectivity index (χ0) is 21.8. The Bertz CT molecular complexity index is 1230. The quantitative estimate of drug-likeness (QED) is 0.321. The third-order valence-electron chi connectivity index (χ3n) is 5.01. The van der Waals surface area contributed by atoms with Crippen molar-refractivity contribution in [2.75, 3.05) is 6.61 Å². The summed E-state index contributed by atoms with van der Waals surface area (Å²) >= 11 is 0. The van der Waals surface area contributed by atoms with Crippen LogP contribution >= 0.6 is 0 Å². The maximum absolute atomic E-state index is 13.6. The molecule has 0 spiro atoms. The summed E-state index contributed by atoms with van der Waals surface area (Å²) in [4.78, 5) is 26.5. The summed E-state index contributed by atoms with van der Waals surface area (Å²) in [6.45, 7) is 3.89. The fraction of sp³-hybridized carbons (Fsp3) is 0.115. The summed E-state index contributed by atoms with van der Waals surface area (Å²) < 4.78 is 6.93. The van der Waals surface area contributed by atoms with E-state index in [1.807, 2.05) is 67.6 Å². The van der Waals surface area contributed by atoms with Gasteiger partial charge in [-0.05, 0) is 25.5 Å². The Morgan fingerprint density at radius 3 is 2.13 bits per heavy atom. The molecule has 0 saturated heterocycles. The van der Waals surface area contributed by atoms with E-state index >= 15 is 0 Å². The number of aryl methyl sites for hydroxylation is 1. The Morgan fingerprint density at radius 2 is 1.48 bits per heavy atom. The summed E-state index contributed by atoms with van der Waals surface area (Å²) in [5, 5.41) is 4.60. The van der Waals surface area contributed by atoms with E-state index in [1.165, 1.54) is 0 Å². The molecule has 0 saturated carbocycles. The second-order valence-electron chi connectivity index (χ2n) is 7.05. The average Bonchev–Trinajstić information content (AvgIpc) is 3.20. The fourth-order valence-corrected chi connectivity index (χ4v) is 3.55. The Balaban J connectivity index is 2.06. The van der Waals surface area contributed by atoms with Gasteiger partial charge in [-0.15, -0.1) is 0 Å². The number of carbonyl (C=O) groups excluding carboxylic acids is 2. The number of para-hydroxylation sites is 1. The molecule has 0 aliphatic rings. The van der Waals surface area contributed by atoms with Crippen molar-refractivity contribution in [2.45, 2.75) is 13.8 Å². The smallest absolute Gasteiger partial charge is 0.359 e. The van der Waals surface area contributed by atoms with Gasteiger partial charge in [-0.2, -0.15) is 5.10 Å². The predicted molar refractivity (Wildman–Crippen MR) is 120 cm³/mol. The minimum absolute atomic E-state index is 0.0119. The van der Waals surface area contributed by atoms with Gasteiger partial charge in [-0.3, -0.25) is 4.79 Å². The number of rotatable bonds is 6. The van der Waals surface area contributed by atoms with E-state index in [0.717, 1.165) is 16.8 Å². The van der Waals surface area contributed by atoms with Crippen molar-refractivity contribution in [1.82, 2.24) is 9.78 Å². The molecule has 0 N–H and O–H groups in total. The van der Waals surface area contributed by atoms with E-state index < -0.39 is 5.97 Å². The van der Waals surface area contributed by atoms with Gasteiger partial charge in [0.05, 0.1) is 23.6 Å². The zero-order valence-electron chi connectivity index (χ0n) is 17.4. The van der Waals surface area contributed by atoms with E-state index in [9.17, 15) is 9.59 Å². The highest BCUT2D eigenvalue weighted by molar-refractivity contribution is 6.17. The molecule has 0 bridgehead atoms. The first-order valence-electron chi connectivity index (χ1n) is 10.1. The standard InChI is InChI=1S/C26H22N2O3/c1-3-31-26(30)23-22(25(29)20-15-8-5-9-16-20)24(19-13-6-4-7-14-19)28(27-23)21-17-11-10-12-18(21)2/h4-17H,3H2,1-2H3.